The molecule has 4 rings (SSSR count). The summed E-state index contributed by atoms with van der Waals surface area (Å²) in [7, 11) is -0.486. The first-order chi connectivity index (χ1) is 12.8. The average Bonchev–Trinajstić information content (AvgIpc) is 3.11. The van der Waals surface area contributed by atoms with Gasteiger partial charge in [-0.15, -0.1) is 0 Å². The second-order valence-electron chi connectivity index (χ2n) is 6.85. The third-order valence-corrected chi connectivity index (χ3v) is 7.82. The summed E-state index contributed by atoms with van der Waals surface area (Å²) in [5.74, 6) is 0. The lowest BCUT2D eigenvalue weighted by Crippen LogP contribution is -2.01. The molecule has 1 heteroatoms. The summed E-state index contributed by atoms with van der Waals surface area (Å²) in [6.07, 6.45) is 1.05. The quantitative estimate of drug-likeness (QED) is 0.442. The van der Waals surface area contributed by atoms with Gasteiger partial charge in [-0.2, -0.15) is 0 Å². The molecule has 0 nitrogen and oxygen atoms in total. The minimum absolute atomic E-state index is 0.486. The number of hydrogen-bond donors (Lipinski definition) is 0. The molecule has 0 saturated carbocycles. The zero-order chi connectivity index (χ0) is 17.9. The van der Waals surface area contributed by atoms with Crippen LogP contribution in [-0.2, 0) is 0 Å². The van der Waals surface area contributed by atoms with Gasteiger partial charge in [0.15, 0.2) is 0 Å². The lowest BCUT2D eigenvalue weighted by atomic mass is 9.99. The summed E-state index contributed by atoms with van der Waals surface area (Å²) in [5.41, 5.74) is 5.66. The molecular formula is C25H23P. The lowest BCUT2D eigenvalue weighted by molar-refractivity contribution is 1.27. The fraction of sp³-hybridized carbons (Fsp3) is 0.120. The normalized spacial score (nSPS) is 16.8. The van der Waals surface area contributed by atoms with E-state index in [0.717, 1.165) is 6.42 Å². The number of hydrogen-bond acceptors (Lipinski definition) is 0. The van der Waals surface area contributed by atoms with Crippen LogP contribution in [0.2, 0.25) is 0 Å². The van der Waals surface area contributed by atoms with Crippen molar-refractivity contribution in [3.05, 3.63) is 113 Å². The highest BCUT2D eigenvalue weighted by molar-refractivity contribution is 7.80. The van der Waals surface area contributed by atoms with E-state index in [1.54, 1.807) is 5.31 Å². The van der Waals surface area contributed by atoms with E-state index in [9.17, 15) is 0 Å². The molecule has 0 aromatic heterocycles. The van der Waals surface area contributed by atoms with Crippen LogP contribution in [0.15, 0.2) is 102 Å². The predicted octanol–water partition coefficient (Wildman–Crippen LogP) is 7.06. The molecular weight excluding hydrogens is 331 g/mol. The first-order valence-corrected chi connectivity index (χ1v) is 10.5. The first-order valence-electron chi connectivity index (χ1n) is 9.11. The Kier molecular flexibility index (Phi) is 4.87. The van der Waals surface area contributed by atoms with Crippen LogP contribution in [0.1, 0.15) is 31.4 Å². The van der Waals surface area contributed by atoms with Crippen LogP contribution in [-0.4, -0.2) is 0 Å². The molecule has 0 spiro atoms. The van der Waals surface area contributed by atoms with Gasteiger partial charge in [0.2, 0.25) is 0 Å². The molecule has 26 heavy (non-hydrogen) atoms. The highest BCUT2D eigenvalue weighted by Gasteiger charge is 2.33. The van der Waals surface area contributed by atoms with E-state index < -0.39 is 7.92 Å². The van der Waals surface area contributed by atoms with E-state index in [-0.39, 0.29) is 0 Å². The van der Waals surface area contributed by atoms with Crippen molar-refractivity contribution in [3.63, 3.8) is 0 Å². The molecule has 1 unspecified atom stereocenters. The Balaban J connectivity index is 1.99. The van der Waals surface area contributed by atoms with Gasteiger partial charge in [-0.1, -0.05) is 96.6 Å². The lowest BCUT2D eigenvalue weighted by Gasteiger charge is -2.20. The van der Waals surface area contributed by atoms with Crippen molar-refractivity contribution >= 4 is 24.1 Å². The van der Waals surface area contributed by atoms with Crippen LogP contribution >= 0.6 is 7.92 Å². The molecule has 0 fully saturated rings. The van der Waals surface area contributed by atoms with Gasteiger partial charge in [0.1, 0.15) is 0 Å². The molecule has 0 N–H and O–H groups in total. The van der Waals surface area contributed by atoms with E-state index in [1.165, 1.54) is 32.9 Å². The second kappa shape index (κ2) is 7.44. The maximum Gasteiger partial charge on any atom is -0.000293 e. The Hall–Kier alpha value is -2.43. The van der Waals surface area contributed by atoms with Crippen molar-refractivity contribution in [1.82, 2.24) is 0 Å². The van der Waals surface area contributed by atoms with Crippen LogP contribution in [0.3, 0.4) is 0 Å². The molecule has 1 heterocycles. The van der Waals surface area contributed by atoms with Gasteiger partial charge in [-0.25, -0.2) is 0 Å². The van der Waals surface area contributed by atoms with Crippen molar-refractivity contribution in [2.45, 2.75) is 20.3 Å². The number of rotatable bonds is 3. The van der Waals surface area contributed by atoms with Crippen LogP contribution in [0, 0.1) is 0 Å². The zero-order valence-corrected chi connectivity index (χ0v) is 16.2. The molecule has 1 atom stereocenters. The predicted molar refractivity (Wildman–Crippen MR) is 116 cm³/mol. The standard InChI is InChI=1S/C25H23P/c1-19(2)24-18-23(20-12-6-3-7-13-20)25(21-14-8-4-9-15-21)26(24)22-16-10-5-11-17-22/h3-17H,18H2,1-2H3. The van der Waals surface area contributed by atoms with Gasteiger partial charge >= 0.3 is 0 Å². The number of allylic oxidation sites excluding steroid dienone is 3. The highest BCUT2D eigenvalue weighted by atomic mass is 31.1. The van der Waals surface area contributed by atoms with Crippen molar-refractivity contribution < 1.29 is 0 Å². The van der Waals surface area contributed by atoms with Crippen LogP contribution in [0.5, 0.6) is 0 Å². The molecule has 3 aromatic carbocycles. The maximum atomic E-state index is 2.30. The van der Waals surface area contributed by atoms with Gasteiger partial charge in [0.05, 0.1) is 0 Å². The summed E-state index contributed by atoms with van der Waals surface area (Å²) < 4.78 is 0. The van der Waals surface area contributed by atoms with Gasteiger partial charge in [-0.3, -0.25) is 0 Å². The monoisotopic (exact) mass is 354 g/mol. The van der Waals surface area contributed by atoms with Gasteiger partial charge in [0, 0.05) is 0 Å². The Morgan fingerprint density at radius 3 is 1.69 bits per heavy atom. The van der Waals surface area contributed by atoms with Gasteiger partial charge < -0.3 is 0 Å². The Bertz CT molecular complexity index is 947. The summed E-state index contributed by atoms with van der Waals surface area (Å²) >= 11 is 0. The molecule has 0 aliphatic carbocycles. The summed E-state index contributed by atoms with van der Waals surface area (Å²) in [4.78, 5) is 0. The average molecular weight is 354 g/mol. The molecule has 3 aromatic rings. The Morgan fingerprint density at radius 2 is 1.15 bits per heavy atom. The van der Waals surface area contributed by atoms with E-state index >= 15 is 0 Å². The largest absolute Gasteiger partial charge is 0.0718 e. The summed E-state index contributed by atoms with van der Waals surface area (Å²) in [6.45, 7) is 4.54. The van der Waals surface area contributed by atoms with Crippen LogP contribution in [0.4, 0.5) is 0 Å². The zero-order valence-electron chi connectivity index (χ0n) is 15.3. The van der Waals surface area contributed by atoms with E-state index in [1.807, 2.05) is 0 Å². The highest BCUT2D eigenvalue weighted by Crippen LogP contribution is 2.67. The number of benzene rings is 3. The molecule has 1 aliphatic rings. The molecule has 0 bridgehead atoms. The van der Waals surface area contributed by atoms with Crippen molar-refractivity contribution in [3.8, 4) is 0 Å². The third-order valence-electron chi connectivity index (χ3n) is 4.88. The molecule has 128 valence electrons. The van der Waals surface area contributed by atoms with Gasteiger partial charge in [-0.05, 0) is 60.8 Å². The van der Waals surface area contributed by atoms with E-state index in [0.29, 0.717) is 0 Å². The topological polar surface area (TPSA) is 0 Å². The second-order valence-corrected chi connectivity index (χ2v) is 9.03. The third kappa shape index (κ3) is 3.18. The maximum absolute atomic E-state index is 2.30. The Labute approximate surface area is 157 Å². The van der Waals surface area contributed by atoms with Gasteiger partial charge in [0.25, 0.3) is 0 Å². The minimum Gasteiger partial charge on any atom is -0.0718 e. The SMILES string of the molecule is CC(C)=C1CC(c2ccccc2)=C(c2ccccc2)P1c1ccccc1. The first kappa shape index (κ1) is 17.0. The summed E-state index contributed by atoms with van der Waals surface area (Å²) in [6, 6.07) is 32.9. The van der Waals surface area contributed by atoms with Crippen LogP contribution in [0.25, 0.3) is 10.9 Å². The van der Waals surface area contributed by atoms with Crippen molar-refractivity contribution in [2.75, 3.05) is 0 Å². The fourth-order valence-electron chi connectivity index (χ4n) is 3.64. The van der Waals surface area contributed by atoms with Crippen LogP contribution < -0.4 is 5.30 Å². The van der Waals surface area contributed by atoms with E-state index in [4.69, 9.17) is 0 Å². The van der Waals surface area contributed by atoms with E-state index in [2.05, 4.69) is 105 Å². The van der Waals surface area contributed by atoms with Crippen molar-refractivity contribution in [2.24, 2.45) is 0 Å². The molecule has 1 aliphatic heterocycles. The smallest absolute Gasteiger partial charge is 0.000293 e. The van der Waals surface area contributed by atoms with Crippen molar-refractivity contribution in [1.29, 1.82) is 0 Å². The Morgan fingerprint density at radius 1 is 0.654 bits per heavy atom. The molecule has 0 amide bonds. The minimum atomic E-state index is -0.486. The molecule has 0 radical (unpaired) electrons. The summed E-state index contributed by atoms with van der Waals surface area (Å²) in [5, 5.41) is 4.57. The molecule has 0 saturated heterocycles. The fourth-order valence-corrected chi connectivity index (χ4v) is 6.60.